The summed E-state index contributed by atoms with van der Waals surface area (Å²) in [6.45, 7) is 5.66. The molecule has 0 aliphatic heterocycles. The van der Waals surface area contributed by atoms with Crippen LogP contribution >= 0.6 is 0 Å². The van der Waals surface area contributed by atoms with Gasteiger partial charge in [0.1, 0.15) is 11.6 Å². The van der Waals surface area contributed by atoms with E-state index >= 15 is 0 Å². The smallest absolute Gasteiger partial charge is 0.265 e. The average molecular weight is 447 g/mol. The summed E-state index contributed by atoms with van der Waals surface area (Å²) in [7, 11) is -3.36. The van der Waals surface area contributed by atoms with Gasteiger partial charge in [-0.15, -0.1) is 0 Å². The van der Waals surface area contributed by atoms with Gasteiger partial charge in [0.25, 0.3) is 5.91 Å². The number of carbonyl (C=O) groups excluding carboxylic acids is 1. The number of sulfonamides is 1. The van der Waals surface area contributed by atoms with Crippen LogP contribution in [0.2, 0.25) is 0 Å². The summed E-state index contributed by atoms with van der Waals surface area (Å²) in [5.74, 6) is 0.0878. The Morgan fingerprint density at radius 2 is 1.84 bits per heavy atom. The van der Waals surface area contributed by atoms with Gasteiger partial charge in [-0.05, 0) is 56.7 Å². The fraction of sp³-hybridized carbons (Fsp3) is 0.364. The molecule has 0 radical (unpaired) electrons. The Bertz CT molecular complexity index is 1010. The Hall–Kier alpha value is -3.07. The quantitative estimate of drug-likeness (QED) is 0.361. The van der Waals surface area contributed by atoms with Crippen LogP contribution in [0.4, 0.5) is 11.4 Å². The molecule has 0 fully saturated rings. The minimum Gasteiger partial charge on any atom is -0.481 e. The molecule has 9 heteroatoms. The second-order valence-corrected chi connectivity index (χ2v) is 9.12. The zero-order valence-electron chi connectivity index (χ0n) is 18.1. The predicted octanol–water partition coefficient (Wildman–Crippen LogP) is 3.33. The second kappa shape index (κ2) is 10.8. The van der Waals surface area contributed by atoms with Crippen LogP contribution in [0.5, 0.6) is 5.75 Å². The van der Waals surface area contributed by atoms with Crippen LogP contribution in [0.1, 0.15) is 39.2 Å². The van der Waals surface area contributed by atoms with Crippen LogP contribution in [0.25, 0.3) is 0 Å². The van der Waals surface area contributed by atoms with E-state index in [1.54, 1.807) is 62.4 Å². The highest BCUT2D eigenvalue weighted by Crippen LogP contribution is 2.22. The maximum absolute atomic E-state index is 12.8. The largest absolute Gasteiger partial charge is 0.481 e. The molecule has 0 spiro atoms. The lowest BCUT2D eigenvalue weighted by Gasteiger charge is -2.22. The van der Waals surface area contributed by atoms with Crippen molar-refractivity contribution >= 4 is 33.1 Å². The Morgan fingerprint density at radius 3 is 2.39 bits per heavy atom. The van der Waals surface area contributed by atoms with Crippen molar-refractivity contribution in [2.75, 3.05) is 21.9 Å². The van der Waals surface area contributed by atoms with Crippen molar-refractivity contribution in [3.05, 3.63) is 54.1 Å². The highest BCUT2D eigenvalue weighted by Gasteiger charge is 2.21. The molecule has 0 bridgehead atoms. The zero-order chi connectivity index (χ0) is 23.0. The number of carbonyl (C=O) groups is 1. The molecular formula is C22H30N4O4S. The maximum Gasteiger partial charge on any atom is 0.265 e. The Kier molecular flexibility index (Phi) is 8.44. The van der Waals surface area contributed by atoms with Crippen LogP contribution in [0.15, 0.2) is 48.5 Å². The summed E-state index contributed by atoms with van der Waals surface area (Å²) in [5, 5.41) is 10.4. The Balaban J connectivity index is 2.13. The molecule has 4 N–H and O–H groups in total. The lowest BCUT2D eigenvalue weighted by atomic mass is 10.1. The van der Waals surface area contributed by atoms with Crippen LogP contribution in [-0.4, -0.2) is 38.6 Å². The molecule has 1 amide bonds. The van der Waals surface area contributed by atoms with E-state index in [0.717, 1.165) is 6.42 Å². The summed E-state index contributed by atoms with van der Waals surface area (Å²) in [6, 6.07) is 13.4. The third-order valence-corrected chi connectivity index (χ3v) is 6.55. The number of nitrogen functional groups attached to an aromatic ring is 1. The first-order valence-corrected chi connectivity index (χ1v) is 11.8. The van der Waals surface area contributed by atoms with Gasteiger partial charge in [0.15, 0.2) is 6.10 Å². The second-order valence-electron chi connectivity index (χ2n) is 6.94. The number of anilines is 2. The zero-order valence-corrected chi connectivity index (χ0v) is 18.9. The third kappa shape index (κ3) is 6.45. The van der Waals surface area contributed by atoms with Gasteiger partial charge in [0, 0.05) is 17.8 Å². The van der Waals surface area contributed by atoms with E-state index in [4.69, 9.17) is 15.9 Å². The van der Waals surface area contributed by atoms with Crippen molar-refractivity contribution in [2.45, 2.75) is 39.7 Å². The summed E-state index contributed by atoms with van der Waals surface area (Å²) in [5.41, 5.74) is 7.13. The number of amides is 1. The van der Waals surface area contributed by atoms with Crippen molar-refractivity contribution in [3.8, 4) is 5.75 Å². The first-order chi connectivity index (χ1) is 14.7. The van der Waals surface area contributed by atoms with E-state index in [-0.39, 0.29) is 17.5 Å². The van der Waals surface area contributed by atoms with Gasteiger partial charge in [-0.1, -0.05) is 25.5 Å². The summed E-state index contributed by atoms with van der Waals surface area (Å²) >= 11 is 0. The molecule has 31 heavy (non-hydrogen) atoms. The molecule has 0 aliphatic carbocycles. The number of ether oxygens (including phenoxy) is 1. The Morgan fingerprint density at radius 1 is 1.16 bits per heavy atom. The fourth-order valence-corrected chi connectivity index (χ4v) is 4.18. The van der Waals surface area contributed by atoms with E-state index < -0.39 is 16.1 Å². The topological polar surface area (TPSA) is 126 Å². The normalized spacial score (nSPS) is 12.1. The number of rotatable bonds is 11. The molecule has 0 heterocycles. The maximum atomic E-state index is 12.8. The van der Waals surface area contributed by atoms with E-state index in [0.29, 0.717) is 35.7 Å². The fourth-order valence-electron chi connectivity index (χ4n) is 3.04. The van der Waals surface area contributed by atoms with Crippen molar-refractivity contribution in [2.24, 2.45) is 5.73 Å². The predicted molar refractivity (Wildman–Crippen MR) is 124 cm³/mol. The average Bonchev–Trinajstić information content (AvgIpc) is 2.75. The van der Waals surface area contributed by atoms with Crippen LogP contribution in [0, 0.1) is 5.41 Å². The number of hydrogen-bond donors (Lipinski definition) is 3. The number of benzene rings is 2. The van der Waals surface area contributed by atoms with E-state index in [1.165, 1.54) is 4.31 Å². The molecule has 0 aliphatic rings. The molecule has 2 aromatic carbocycles. The number of nitrogens with two attached hydrogens (primary N) is 1. The molecular weight excluding hydrogens is 416 g/mol. The van der Waals surface area contributed by atoms with Gasteiger partial charge in [-0.2, -0.15) is 0 Å². The minimum absolute atomic E-state index is 0.0141. The van der Waals surface area contributed by atoms with Crippen LogP contribution in [0.3, 0.4) is 0 Å². The molecule has 2 rings (SSSR count). The first kappa shape index (κ1) is 24.2. The highest BCUT2D eigenvalue weighted by atomic mass is 32.2. The number of amidine groups is 1. The van der Waals surface area contributed by atoms with Gasteiger partial charge < -0.3 is 15.8 Å². The van der Waals surface area contributed by atoms with E-state index in [1.807, 2.05) is 6.92 Å². The van der Waals surface area contributed by atoms with Gasteiger partial charge in [-0.25, -0.2) is 8.42 Å². The molecule has 1 atom stereocenters. The number of nitrogens with zero attached hydrogens (tertiary/aromatic N) is 1. The monoisotopic (exact) mass is 446 g/mol. The van der Waals surface area contributed by atoms with Crippen LogP contribution in [-0.2, 0) is 14.8 Å². The van der Waals surface area contributed by atoms with Crippen molar-refractivity contribution in [1.29, 1.82) is 5.41 Å². The SMILES string of the molecule is CCCC(Oc1cccc(C(=N)N)c1)C(=O)Nc1ccc(N(CC)S(=O)(=O)CC)cc1. The van der Waals surface area contributed by atoms with Gasteiger partial charge in [0.2, 0.25) is 10.0 Å². The van der Waals surface area contributed by atoms with Crippen molar-refractivity contribution in [3.63, 3.8) is 0 Å². The molecule has 0 saturated carbocycles. The summed E-state index contributed by atoms with van der Waals surface area (Å²) < 4.78 is 31.6. The third-order valence-electron chi connectivity index (χ3n) is 4.68. The molecule has 1 unspecified atom stereocenters. The van der Waals surface area contributed by atoms with Crippen molar-refractivity contribution in [1.82, 2.24) is 0 Å². The van der Waals surface area contributed by atoms with Crippen molar-refractivity contribution < 1.29 is 17.9 Å². The number of hydrogen-bond acceptors (Lipinski definition) is 5. The molecule has 2 aromatic rings. The lowest BCUT2D eigenvalue weighted by Crippen LogP contribution is -2.33. The molecule has 0 saturated heterocycles. The van der Waals surface area contributed by atoms with Crippen LogP contribution < -0.4 is 20.1 Å². The standard InChI is InChI=1S/C22H30N4O4S/c1-4-8-20(30-19-10-7-9-16(15-19)21(23)24)22(27)25-17-11-13-18(14-12-17)26(5-2)31(28,29)6-3/h7,9-15,20H,4-6,8H2,1-3H3,(H3,23,24)(H,25,27). The number of nitrogens with one attached hydrogen (secondary N) is 2. The highest BCUT2D eigenvalue weighted by molar-refractivity contribution is 7.92. The molecule has 168 valence electrons. The molecule has 0 aromatic heterocycles. The lowest BCUT2D eigenvalue weighted by molar-refractivity contribution is -0.123. The van der Waals surface area contributed by atoms with Gasteiger partial charge >= 0.3 is 0 Å². The Labute approximate surface area is 184 Å². The van der Waals surface area contributed by atoms with Gasteiger partial charge in [-0.3, -0.25) is 14.5 Å². The van der Waals surface area contributed by atoms with Gasteiger partial charge in [0.05, 0.1) is 11.4 Å². The van der Waals surface area contributed by atoms with E-state index in [9.17, 15) is 13.2 Å². The summed E-state index contributed by atoms with van der Waals surface area (Å²) in [4.78, 5) is 12.8. The molecule has 8 nitrogen and oxygen atoms in total. The minimum atomic E-state index is -3.36. The summed E-state index contributed by atoms with van der Waals surface area (Å²) in [6.07, 6.45) is 0.524. The first-order valence-electron chi connectivity index (χ1n) is 10.2. The van der Waals surface area contributed by atoms with E-state index in [2.05, 4.69) is 5.32 Å².